The number of fused-ring (bicyclic) bond motifs is 1. The number of alkyl carbamates (subject to hydrolysis) is 1. The zero-order valence-electron chi connectivity index (χ0n) is 25.0. The molecule has 1 aliphatic rings. The molecule has 44 heavy (non-hydrogen) atoms. The van der Waals surface area contributed by atoms with E-state index >= 15 is 0 Å². The van der Waals surface area contributed by atoms with Crippen LogP contribution in [0.25, 0.3) is 10.9 Å². The van der Waals surface area contributed by atoms with Crippen LogP contribution >= 0.6 is 0 Å². The van der Waals surface area contributed by atoms with Gasteiger partial charge in [-0.15, -0.1) is 0 Å². The first-order valence-electron chi connectivity index (χ1n) is 14.6. The van der Waals surface area contributed by atoms with Crippen LogP contribution in [0.2, 0.25) is 0 Å². The summed E-state index contributed by atoms with van der Waals surface area (Å²) >= 11 is 0. The molecule has 0 atom stereocenters. The summed E-state index contributed by atoms with van der Waals surface area (Å²) in [6.07, 6.45) is -2.12. The van der Waals surface area contributed by atoms with Crippen LogP contribution < -0.4 is 20.7 Å². The summed E-state index contributed by atoms with van der Waals surface area (Å²) in [5.74, 6) is 1.43. The van der Waals surface area contributed by atoms with Crippen molar-refractivity contribution in [2.24, 2.45) is 11.8 Å². The number of halogens is 3. The van der Waals surface area contributed by atoms with Crippen LogP contribution in [0, 0.1) is 11.8 Å². The van der Waals surface area contributed by atoms with Crippen molar-refractivity contribution < 1.29 is 31.1 Å². The highest BCUT2D eigenvalue weighted by Gasteiger charge is 2.37. The first-order chi connectivity index (χ1) is 20.7. The molecule has 0 unspecified atom stereocenters. The second kappa shape index (κ2) is 14.0. The number of nitrogens with one attached hydrogen (secondary N) is 4. The summed E-state index contributed by atoms with van der Waals surface area (Å²) in [5, 5.41) is 10.1. The Kier molecular flexibility index (Phi) is 10.6. The monoisotopic (exact) mass is 636 g/mol. The number of para-hydroxylation sites is 1. The highest BCUT2D eigenvalue weighted by atomic mass is 32.2. The highest BCUT2D eigenvalue weighted by Crippen LogP contribution is 2.34. The van der Waals surface area contributed by atoms with Gasteiger partial charge in [-0.05, 0) is 82.6 Å². The van der Waals surface area contributed by atoms with Crippen LogP contribution in [-0.2, 0) is 20.9 Å². The second-order valence-electron chi connectivity index (χ2n) is 11.9. The molecule has 0 saturated heterocycles. The van der Waals surface area contributed by atoms with Crippen LogP contribution in [0.3, 0.4) is 0 Å². The van der Waals surface area contributed by atoms with Crippen molar-refractivity contribution in [3.05, 3.63) is 54.1 Å². The van der Waals surface area contributed by atoms with Crippen molar-refractivity contribution in [3.8, 4) is 0 Å². The van der Waals surface area contributed by atoms with E-state index in [1.165, 1.54) is 12.1 Å². The molecule has 0 spiro atoms. The molecule has 3 aromatic rings. The molecule has 0 aliphatic heterocycles. The van der Waals surface area contributed by atoms with E-state index < -0.39 is 38.4 Å². The lowest BCUT2D eigenvalue weighted by Gasteiger charge is -2.29. The summed E-state index contributed by atoms with van der Waals surface area (Å²) in [6, 6.07) is 11.8. The Balaban J connectivity index is 1.27. The third kappa shape index (κ3) is 9.42. The first-order valence-corrected chi connectivity index (χ1v) is 16.1. The topological polar surface area (TPSA) is 134 Å². The molecular weight excluding hydrogens is 597 g/mol. The molecule has 1 aliphatic carbocycles. The number of alkyl halides is 3. The Labute approximate surface area is 255 Å². The van der Waals surface area contributed by atoms with Gasteiger partial charge in [0, 0.05) is 31.6 Å². The number of aromatic nitrogens is 2. The van der Waals surface area contributed by atoms with Crippen molar-refractivity contribution in [1.82, 2.24) is 20.0 Å². The largest absolute Gasteiger partial charge is 0.444 e. The highest BCUT2D eigenvalue weighted by molar-refractivity contribution is 7.89. The second-order valence-corrected chi connectivity index (χ2v) is 13.6. The molecule has 0 radical (unpaired) electrons. The smallest absolute Gasteiger partial charge is 0.417 e. The van der Waals surface area contributed by atoms with Gasteiger partial charge in [0.2, 0.25) is 16.0 Å². The van der Waals surface area contributed by atoms with E-state index in [-0.39, 0.29) is 12.5 Å². The maximum absolute atomic E-state index is 13.3. The molecule has 0 bridgehead atoms. The van der Waals surface area contributed by atoms with Crippen molar-refractivity contribution in [2.75, 3.05) is 36.8 Å². The van der Waals surface area contributed by atoms with Crippen LogP contribution in [-0.4, -0.2) is 56.3 Å². The average Bonchev–Trinajstić information content (AvgIpc) is 2.96. The number of hydrogen-bond donors (Lipinski definition) is 4. The molecule has 1 aromatic heterocycles. The molecule has 10 nitrogen and oxygen atoms in total. The quantitative estimate of drug-likeness (QED) is 0.195. The Morgan fingerprint density at radius 1 is 0.886 bits per heavy atom. The zero-order valence-corrected chi connectivity index (χ0v) is 25.8. The number of ether oxygens (including phenoxy) is 1. The average molecular weight is 637 g/mol. The number of hydrogen-bond acceptors (Lipinski definition) is 8. The molecule has 14 heteroatoms. The van der Waals surface area contributed by atoms with Crippen LogP contribution in [0.15, 0.2) is 53.4 Å². The number of rotatable bonds is 11. The number of sulfonamides is 1. The van der Waals surface area contributed by atoms with Gasteiger partial charge < -0.3 is 20.7 Å². The number of carbonyl (C=O) groups is 1. The SMILES string of the molecule is CC(C)(C)OC(=O)NCCNc1nc(NCC2CCC(CNS(=O)(=O)c3ccccc3C(F)(F)F)CC2)nc2ccccc12. The molecule has 1 amide bonds. The number of benzene rings is 2. The molecule has 4 N–H and O–H groups in total. The molecule has 2 aromatic carbocycles. The standard InChI is InChI=1S/C30H39F3N6O4S/c1-29(2,3)43-28(40)35-17-16-34-26-22-8-4-6-10-24(22)38-27(39-26)36-18-20-12-14-21(15-13-20)19-37-44(41,42)25-11-7-5-9-23(25)30(31,32)33/h4-11,20-21,37H,12-19H2,1-3H3,(H,35,40)(H2,34,36,38,39). The van der Waals surface area contributed by atoms with Gasteiger partial charge in [-0.1, -0.05) is 24.3 Å². The molecule has 1 fully saturated rings. The van der Waals surface area contributed by atoms with E-state index in [0.717, 1.165) is 48.7 Å². The summed E-state index contributed by atoms with van der Waals surface area (Å²) in [7, 11) is -4.31. The van der Waals surface area contributed by atoms with Crippen molar-refractivity contribution in [2.45, 2.75) is 63.1 Å². The maximum atomic E-state index is 13.3. The predicted octanol–water partition coefficient (Wildman–Crippen LogP) is 5.78. The normalized spacial score (nSPS) is 17.7. The van der Waals surface area contributed by atoms with Gasteiger partial charge in [0.05, 0.1) is 16.0 Å². The van der Waals surface area contributed by atoms with Crippen LogP contribution in [0.4, 0.5) is 29.7 Å². The van der Waals surface area contributed by atoms with Crippen molar-refractivity contribution in [1.29, 1.82) is 0 Å². The Hall–Kier alpha value is -3.65. The van der Waals surface area contributed by atoms with Crippen molar-refractivity contribution in [3.63, 3.8) is 0 Å². The van der Waals surface area contributed by atoms with Gasteiger partial charge in [0.1, 0.15) is 11.4 Å². The van der Waals surface area contributed by atoms with Gasteiger partial charge in [0.25, 0.3) is 0 Å². The lowest BCUT2D eigenvalue weighted by molar-refractivity contribution is -0.139. The third-order valence-corrected chi connectivity index (χ3v) is 8.73. The van der Waals surface area contributed by atoms with E-state index in [1.807, 2.05) is 24.3 Å². The Bertz CT molecular complexity index is 1540. The molecular formula is C30H39F3N6O4S. The van der Waals surface area contributed by atoms with E-state index in [1.54, 1.807) is 20.8 Å². The zero-order chi connectivity index (χ0) is 32.0. The summed E-state index contributed by atoms with van der Waals surface area (Å²) in [4.78, 5) is 20.4. The van der Waals surface area contributed by atoms with Crippen LogP contribution in [0.1, 0.15) is 52.0 Å². The van der Waals surface area contributed by atoms with Gasteiger partial charge in [-0.3, -0.25) is 0 Å². The maximum Gasteiger partial charge on any atom is 0.417 e. The van der Waals surface area contributed by atoms with E-state index in [4.69, 9.17) is 4.74 Å². The Morgan fingerprint density at radius 3 is 2.20 bits per heavy atom. The third-order valence-electron chi connectivity index (χ3n) is 7.25. The fraction of sp³-hybridized carbons (Fsp3) is 0.500. The van der Waals surface area contributed by atoms with Gasteiger partial charge in [0.15, 0.2) is 0 Å². The fourth-order valence-electron chi connectivity index (χ4n) is 5.07. The summed E-state index contributed by atoms with van der Waals surface area (Å²) in [6.45, 7) is 6.87. The van der Waals surface area contributed by atoms with Gasteiger partial charge >= 0.3 is 12.3 Å². The van der Waals surface area contributed by atoms with E-state index in [2.05, 4.69) is 30.6 Å². The van der Waals surface area contributed by atoms with E-state index in [0.29, 0.717) is 37.3 Å². The number of carbonyl (C=O) groups excluding carboxylic acids is 1. The van der Waals surface area contributed by atoms with Crippen molar-refractivity contribution >= 4 is 38.8 Å². The first kappa shape index (κ1) is 33.2. The van der Waals surface area contributed by atoms with Gasteiger partial charge in [-0.2, -0.15) is 18.2 Å². The predicted molar refractivity (Wildman–Crippen MR) is 163 cm³/mol. The molecule has 1 saturated carbocycles. The minimum Gasteiger partial charge on any atom is -0.444 e. The molecule has 1 heterocycles. The fourth-order valence-corrected chi connectivity index (χ4v) is 6.41. The molecule has 240 valence electrons. The summed E-state index contributed by atoms with van der Waals surface area (Å²) in [5.41, 5.74) is -0.991. The van der Waals surface area contributed by atoms with E-state index in [9.17, 15) is 26.4 Å². The Morgan fingerprint density at radius 2 is 1.52 bits per heavy atom. The van der Waals surface area contributed by atoms with Gasteiger partial charge in [-0.25, -0.2) is 22.9 Å². The lowest BCUT2D eigenvalue weighted by Crippen LogP contribution is -2.35. The minimum absolute atomic E-state index is 0.0288. The number of nitrogens with zero attached hydrogens (tertiary/aromatic N) is 2. The number of anilines is 2. The number of amides is 1. The summed E-state index contributed by atoms with van der Waals surface area (Å²) < 4.78 is 73.0. The minimum atomic E-state index is -4.76. The van der Waals surface area contributed by atoms with Crippen LogP contribution in [0.5, 0.6) is 0 Å². The molecule has 4 rings (SSSR count). The lowest BCUT2D eigenvalue weighted by atomic mass is 9.82.